The van der Waals surface area contributed by atoms with Crippen LogP contribution in [0.15, 0.2) is 42.5 Å². The van der Waals surface area contributed by atoms with E-state index in [1.807, 2.05) is 24.3 Å². The average molecular weight is 282 g/mol. The smallest absolute Gasteiger partial charge is 0.169 e. The van der Waals surface area contributed by atoms with Crippen molar-refractivity contribution in [3.63, 3.8) is 0 Å². The highest BCUT2D eigenvalue weighted by molar-refractivity contribution is 5.48. The van der Waals surface area contributed by atoms with Crippen LogP contribution < -0.4 is 15.2 Å². The fourth-order valence-corrected chi connectivity index (χ4v) is 1.97. The molecule has 0 aliphatic rings. The van der Waals surface area contributed by atoms with Gasteiger partial charge in [0.15, 0.2) is 11.5 Å². The van der Waals surface area contributed by atoms with Gasteiger partial charge >= 0.3 is 0 Å². The summed E-state index contributed by atoms with van der Waals surface area (Å²) in [6, 6.07) is 14.9. The summed E-state index contributed by atoms with van der Waals surface area (Å²) in [5.41, 5.74) is 7.59. The van der Waals surface area contributed by atoms with E-state index in [0.717, 1.165) is 12.0 Å². The van der Waals surface area contributed by atoms with Gasteiger partial charge in [-0.05, 0) is 36.2 Å². The molecule has 2 N–H and O–H groups in total. The Morgan fingerprint density at radius 2 is 1.86 bits per heavy atom. The monoisotopic (exact) mass is 282 g/mol. The van der Waals surface area contributed by atoms with Crippen molar-refractivity contribution in [1.29, 1.82) is 5.26 Å². The van der Waals surface area contributed by atoms with E-state index in [4.69, 9.17) is 20.5 Å². The van der Waals surface area contributed by atoms with Crippen molar-refractivity contribution in [2.75, 3.05) is 7.11 Å². The minimum atomic E-state index is 0.0449. The van der Waals surface area contributed by atoms with Crippen molar-refractivity contribution < 1.29 is 9.47 Å². The molecule has 4 heteroatoms. The lowest BCUT2D eigenvalue weighted by Gasteiger charge is -2.12. The summed E-state index contributed by atoms with van der Waals surface area (Å²) in [6.07, 6.45) is 0.893. The minimum absolute atomic E-state index is 0.0449. The average Bonchev–Trinajstić information content (AvgIpc) is 2.55. The number of nitriles is 1. The van der Waals surface area contributed by atoms with Gasteiger partial charge in [0.25, 0.3) is 0 Å². The molecule has 1 atom stereocenters. The molecule has 2 aromatic carbocycles. The van der Waals surface area contributed by atoms with E-state index in [1.165, 1.54) is 0 Å². The maximum Gasteiger partial charge on any atom is 0.169 e. The molecule has 0 saturated heterocycles. The van der Waals surface area contributed by atoms with Crippen LogP contribution in [0.5, 0.6) is 17.2 Å². The first-order chi connectivity index (χ1) is 10.2. The Bertz CT molecular complexity index is 645. The first-order valence-electron chi connectivity index (χ1n) is 6.79. The minimum Gasteiger partial charge on any atom is -0.493 e. The highest BCUT2D eigenvalue weighted by Gasteiger charge is 2.08. The van der Waals surface area contributed by atoms with Gasteiger partial charge < -0.3 is 15.2 Å². The van der Waals surface area contributed by atoms with E-state index in [9.17, 15) is 0 Å². The molecule has 21 heavy (non-hydrogen) atoms. The molecule has 0 fully saturated rings. The molecule has 2 rings (SSSR count). The molecule has 0 radical (unpaired) electrons. The molecule has 0 unspecified atom stereocenters. The van der Waals surface area contributed by atoms with Gasteiger partial charge in [-0.15, -0.1) is 0 Å². The third kappa shape index (κ3) is 3.53. The molecule has 0 amide bonds. The van der Waals surface area contributed by atoms with Gasteiger partial charge in [-0.2, -0.15) is 5.26 Å². The van der Waals surface area contributed by atoms with E-state index in [0.29, 0.717) is 22.8 Å². The molecule has 0 spiro atoms. The van der Waals surface area contributed by atoms with Crippen LogP contribution in [0, 0.1) is 11.3 Å². The number of hydrogen-bond donors (Lipinski definition) is 1. The number of ether oxygens (including phenoxy) is 2. The van der Waals surface area contributed by atoms with Gasteiger partial charge in [-0.1, -0.05) is 19.1 Å². The van der Waals surface area contributed by atoms with E-state index < -0.39 is 0 Å². The highest BCUT2D eigenvalue weighted by Crippen LogP contribution is 2.32. The molecule has 0 aliphatic carbocycles. The Morgan fingerprint density at radius 3 is 2.43 bits per heavy atom. The molecular formula is C17H18N2O2. The zero-order valence-electron chi connectivity index (χ0n) is 12.2. The van der Waals surface area contributed by atoms with Crippen molar-refractivity contribution in [2.45, 2.75) is 19.4 Å². The third-order valence-corrected chi connectivity index (χ3v) is 3.27. The molecule has 4 nitrogen and oxygen atoms in total. The Balaban J connectivity index is 2.20. The first-order valence-corrected chi connectivity index (χ1v) is 6.79. The van der Waals surface area contributed by atoms with Crippen LogP contribution in [0.3, 0.4) is 0 Å². The Morgan fingerprint density at radius 1 is 1.14 bits per heavy atom. The Kier molecular flexibility index (Phi) is 4.81. The van der Waals surface area contributed by atoms with Crippen LogP contribution >= 0.6 is 0 Å². The largest absolute Gasteiger partial charge is 0.493 e. The lowest BCUT2D eigenvalue weighted by Crippen LogP contribution is -2.08. The van der Waals surface area contributed by atoms with Crippen LogP contribution in [0.4, 0.5) is 0 Å². The second-order valence-corrected chi connectivity index (χ2v) is 4.66. The van der Waals surface area contributed by atoms with Crippen LogP contribution in [0.25, 0.3) is 0 Å². The van der Waals surface area contributed by atoms with Gasteiger partial charge in [0.1, 0.15) is 5.75 Å². The normalized spacial score (nSPS) is 11.5. The van der Waals surface area contributed by atoms with Crippen molar-refractivity contribution >= 4 is 0 Å². The zero-order valence-corrected chi connectivity index (χ0v) is 12.2. The SMILES string of the molecule is CC[C@H](N)c1ccc(Oc2ccc(C#N)cc2OC)cc1. The summed E-state index contributed by atoms with van der Waals surface area (Å²) in [5.74, 6) is 1.80. The quantitative estimate of drug-likeness (QED) is 0.906. The second kappa shape index (κ2) is 6.78. The van der Waals surface area contributed by atoms with Gasteiger partial charge in [-0.25, -0.2) is 0 Å². The Hall–Kier alpha value is -2.51. The first kappa shape index (κ1) is 14.9. The Labute approximate surface area is 124 Å². The lowest BCUT2D eigenvalue weighted by molar-refractivity contribution is 0.378. The van der Waals surface area contributed by atoms with E-state index in [-0.39, 0.29) is 6.04 Å². The molecule has 108 valence electrons. The summed E-state index contributed by atoms with van der Waals surface area (Å²) in [7, 11) is 1.55. The number of hydrogen-bond acceptors (Lipinski definition) is 4. The van der Waals surface area contributed by atoms with Gasteiger partial charge in [0.05, 0.1) is 18.7 Å². The maximum atomic E-state index is 8.89. The molecule has 0 heterocycles. The van der Waals surface area contributed by atoms with E-state index in [1.54, 1.807) is 25.3 Å². The zero-order chi connectivity index (χ0) is 15.2. The van der Waals surface area contributed by atoms with Crippen molar-refractivity contribution in [1.82, 2.24) is 0 Å². The van der Waals surface area contributed by atoms with Gasteiger partial charge in [0, 0.05) is 12.1 Å². The van der Waals surface area contributed by atoms with E-state index >= 15 is 0 Å². The predicted octanol–water partition coefficient (Wildman–Crippen LogP) is 3.77. The lowest BCUT2D eigenvalue weighted by atomic mass is 10.1. The summed E-state index contributed by atoms with van der Waals surface area (Å²) >= 11 is 0. The number of benzene rings is 2. The fraction of sp³-hybridized carbons (Fsp3) is 0.235. The maximum absolute atomic E-state index is 8.89. The molecule has 2 aromatic rings. The summed E-state index contributed by atoms with van der Waals surface area (Å²) in [4.78, 5) is 0. The second-order valence-electron chi connectivity index (χ2n) is 4.66. The molecule has 0 bridgehead atoms. The standard InChI is InChI=1S/C17H18N2O2/c1-3-15(19)13-5-7-14(8-6-13)21-16-9-4-12(11-18)10-17(16)20-2/h4-10,15H,3,19H2,1-2H3/t15-/m0/s1. The molecule has 0 aromatic heterocycles. The van der Waals surface area contributed by atoms with Gasteiger partial charge in [0.2, 0.25) is 0 Å². The van der Waals surface area contributed by atoms with Crippen LogP contribution in [-0.2, 0) is 0 Å². The number of nitrogens with zero attached hydrogens (tertiary/aromatic N) is 1. The molecule has 0 aliphatic heterocycles. The van der Waals surface area contributed by atoms with Crippen LogP contribution in [0.2, 0.25) is 0 Å². The van der Waals surface area contributed by atoms with Crippen molar-refractivity contribution in [3.05, 3.63) is 53.6 Å². The van der Waals surface area contributed by atoms with Gasteiger partial charge in [-0.3, -0.25) is 0 Å². The third-order valence-electron chi connectivity index (χ3n) is 3.27. The van der Waals surface area contributed by atoms with Crippen LogP contribution in [-0.4, -0.2) is 7.11 Å². The molecule has 0 saturated carbocycles. The van der Waals surface area contributed by atoms with Crippen LogP contribution in [0.1, 0.15) is 30.5 Å². The predicted molar refractivity (Wildman–Crippen MR) is 81.4 cm³/mol. The van der Waals surface area contributed by atoms with E-state index in [2.05, 4.69) is 13.0 Å². The summed E-state index contributed by atoms with van der Waals surface area (Å²) < 4.78 is 11.0. The number of rotatable bonds is 5. The van der Waals surface area contributed by atoms with Crippen molar-refractivity contribution in [3.8, 4) is 23.3 Å². The van der Waals surface area contributed by atoms with Crippen molar-refractivity contribution in [2.24, 2.45) is 5.73 Å². The topological polar surface area (TPSA) is 68.3 Å². The summed E-state index contributed by atoms with van der Waals surface area (Å²) in [5, 5.41) is 8.89. The summed E-state index contributed by atoms with van der Waals surface area (Å²) in [6.45, 7) is 2.05. The number of nitrogens with two attached hydrogens (primary N) is 1. The fourth-order valence-electron chi connectivity index (χ4n) is 1.97. The molecular weight excluding hydrogens is 264 g/mol. The highest BCUT2D eigenvalue weighted by atomic mass is 16.5. The number of methoxy groups -OCH3 is 1.